The Labute approximate surface area is 189 Å². The van der Waals surface area contributed by atoms with Crippen LogP contribution in [-0.2, 0) is 9.59 Å². The van der Waals surface area contributed by atoms with Gasteiger partial charge in [-0.2, -0.15) is 5.10 Å². The van der Waals surface area contributed by atoms with E-state index in [1.54, 1.807) is 24.3 Å². The number of aryl methyl sites for hydroxylation is 1. The molecule has 0 atom stereocenters. The molecular formula is C24H20FN3O5. The number of methoxy groups -OCH3 is 1. The van der Waals surface area contributed by atoms with Crippen molar-refractivity contribution in [3.63, 3.8) is 0 Å². The van der Waals surface area contributed by atoms with Crippen LogP contribution in [0.2, 0.25) is 0 Å². The van der Waals surface area contributed by atoms with Crippen LogP contribution in [0.1, 0.15) is 21.5 Å². The number of amides is 2. The number of halogens is 1. The van der Waals surface area contributed by atoms with Crippen LogP contribution in [0.25, 0.3) is 0 Å². The molecule has 0 aliphatic rings. The summed E-state index contributed by atoms with van der Waals surface area (Å²) in [5.41, 5.74) is 4.29. The quantitative estimate of drug-likeness (QED) is 0.197. The Morgan fingerprint density at radius 2 is 1.61 bits per heavy atom. The molecule has 168 valence electrons. The fourth-order valence-electron chi connectivity index (χ4n) is 2.63. The molecule has 33 heavy (non-hydrogen) atoms. The van der Waals surface area contributed by atoms with Crippen molar-refractivity contribution in [2.45, 2.75) is 6.92 Å². The van der Waals surface area contributed by atoms with E-state index in [0.29, 0.717) is 11.1 Å². The van der Waals surface area contributed by atoms with Crippen LogP contribution >= 0.6 is 0 Å². The van der Waals surface area contributed by atoms with Gasteiger partial charge in [0.25, 0.3) is 0 Å². The number of hydrogen-bond acceptors (Lipinski definition) is 6. The number of hydrazone groups is 1. The summed E-state index contributed by atoms with van der Waals surface area (Å²) in [4.78, 5) is 36.1. The highest BCUT2D eigenvalue weighted by Gasteiger charge is 2.14. The van der Waals surface area contributed by atoms with Gasteiger partial charge in [-0.3, -0.25) is 9.59 Å². The molecule has 0 spiro atoms. The highest BCUT2D eigenvalue weighted by molar-refractivity contribution is 6.39. The lowest BCUT2D eigenvalue weighted by molar-refractivity contribution is -0.136. The minimum Gasteiger partial charge on any atom is -0.493 e. The van der Waals surface area contributed by atoms with E-state index >= 15 is 0 Å². The maximum absolute atomic E-state index is 12.9. The molecule has 2 N–H and O–H groups in total. The van der Waals surface area contributed by atoms with Crippen molar-refractivity contribution in [2.24, 2.45) is 5.10 Å². The van der Waals surface area contributed by atoms with Gasteiger partial charge in [0.2, 0.25) is 0 Å². The lowest BCUT2D eigenvalue weighted by Gasteiger charge is -2.10. The third-order valence-electron chi connectivity index (χ3n) is 4.37. The Bertz CT molecular complexity index is 1190. The van der Waals surface area contributed by atoms with E-state index in [0.717, 1.165) is 17.7 Å². The Morgan fingerprint density at radius 1 is 0.909 bits per heavy atom. The lowest BCUT2D eigenvalue weighted by atomic mass is 10.1. The SMILES string of the molecule is COc1cc(/C=N/NC(=O)C(=O)Nc2ccc(F)cc2)ccc1OC(=O)c1ccc(C)cc1. The number of ether oxygens (including phenoxy) is 2. The third-order valence-corrected chi connectivity index (χ3v) is 4.37. The molecule has 2 amide bonds. The molecule has 0 radical (unpaired) electrons. The summed E-state index contributed by atoms with van der Waals surface area (Å²) in [6.45, 7) is 1.92. The Balaban J connectivity index is 1.59. The topological polar surface area (TPSA) is 106 Å². The second-order valence-corrected chi connectivity index (χ2v) is 6.83. The summed E-state index contributed by atoms with van der Waals surface area (Å²) in [6.07, 6.45) is 1.29. The second-order valence-electron chi connectivity index (χ2n) is 6.83. The molecule has 0 aliphatic carbocycles. The molecule has 0 saturated carbocycles. The Morgan fingerprint density at radius 3 is 2.27 bits per heavy atom. The molecular weight excluding hydrogens is 429 g/mol. The molecule has 0 unspecified atom stereocenters. The van der Waals surface area contributed by atoms with Crippen LogP contribution in [0.15, 0.2) is 71.8 Å². The molecule has 3 aromatic carbocycles. The van der Waals surface area contributed by atoms with E-state index in [4.69, 9.17) is 9.47 Å². The highest BCUT2D eigenvalue weighted by atomic mass is 19.1. The number of esters is 1. The Hall–Kier alpha value is -4.53. The number of rotatable bonds is 6. The number of benzene rings is 3. The van der Waals surface area contributed by atoms with Gasteiger partial charge in [-0.1, -0.05) is 17.7 Å². The summed E-state index contributed by atoms with van der Waals surface area (Å²) in [6, 6.07) is 16.6. The van der Waals surface area contributed by atoms with Crippen molar-refractivity contribution >= 4 is 29.7 Å². The second kappa shape index (κ2) is 10.7. The first-order chi connectivity index (χ1) is 15.9. The monoisotopic (exact) mass is 449 g/mol. The van der Waals surface area contributed by atoms with Gasteiger partial charge in [-0.15, -0.1) is 0 Å². The molecule has 8 nitrogen and oxygen atoms in total. The van der Waals surface area contributed by atoms with E-state index in [1.807, 2.05) is 19.1 Å². The van der Waals surface area contributed by atoms with Crippen molar-refractivity contribution < 1.29 is 28.2 Å². The standard InChI is InChI=1S/C24H20FN3O5/c1-15-3-6-17(7-4-15)24(31)33-20-12-5-16(13-21(20)32-2)14-26-28-23(30)22(29)27-19-10-8-18(25)9-11-19/h3-14H,1-2H3,(H,27,29)(H,28,30)/b26-14+. The van der Waals surface area contributed by atoms with Crippen molar-refractivity contribution in [1.29, 1.82) is 0 Å². The molecule has 0 aliphatic heterocycles. The van der Waals surface area contributed by atoms with Gasteiger partial charge in [-0.05, 0) is 67.1 Å². The van der Waals surface area contributed by atoms with Crippen LogP contribution in [0, 0.1) is 12.7 Å². The molecule has 0 aromatic heterocycles. The highest BCUT2D eigenvalue weighted by Crippen LogP contribution is 2.28. The van der Waals surface area contributed by atoms with Gasteiger partial charge < -0.3 is 14.8 Å². The predicted molar refractivity (Wildman–Crippen MR) is 120 cm³/mol. The minimum atomic E-state index is -1.01. The number of carbonyl (C=O) groups excluding carboxylic acids is 3. The summed E-state index contributed by atoms with van der Waals surface area (Å²) < 4.78 is 23.6. The molecule has 0 saturated heterocycles. The maximum atomic E-state index is 12.9. The zero-order chi connectivity index (χ0) is 23.8. The van der Waals surface area contributed by atoms with Crippen LogP contribution in [-0.4, -0.2) is 31.1 Å². The van der Waals surface area contributed by atoms with Gasteiger partial charge in [0.15, 0.2) is 11.5 Å². The van der Waals surface area contributed by atoms with Crippen molar-refractivity contribution in [1.82, 2.24) is 5.43 Å². The zero-order valence-electron chi connectivity index (χ0n) is 17.8. The van der Waals surface area contributed by atoms with Gasteiger partial charge >= 0.3 is 17.8 Å². The normalized spacial score (nSPS) is 10.5. The van der Waals surface area contributed by atoms with E-state index in [-0.39, 0.29) is 17.2 Å². The molecule has 0 fully saturated rings. The average molecular weight is 449 g/mol. The number of carbonyl (C=O) groups is 3. The van der Waals surface area contributed by atoms with Crippen LogP contribution in [0.5, 0.6) is 11.5 Å². The average Bonchev–Trinajstić information content (AvgIpc) is 2.81. The van der Waals surface area contributed by atoms with Crippen LogP contribution < -0.4 is 20.2 Å². The van der Waals surface area contributed by atoms with E-state index < -0.39 is 23.6 Å². The fourth-order valence-corrected chi connectivity index (χ4v) is 2.63. The van der Waals surface area contributed by atoms with E-state index in [2.05, 4.69) is 15.8 Å². The van der Waals surface area contributed by atoms with Crippen LogP contribution in [0.4, 0.5) is 10.1 Å². The fraction of sp³-hybridized carbons (Fsp3) is 0.0833. The smallest absolute Gasteiger partial charge is 0.343 e. The van der Waals surface area contributed by atoms with E-state index in [9.17, 15) is 18.8 Å². The molecule has 0 heterocycles. The van der Waals surface area contributed by atoms with Gasteiger partial charge in [0, 0.05) is 5.69 Å². The molecule has 9 heteroatoms. The Kier molecular flexibility index (Phi) is 7.48. The third kappa shape index (κ3) is 6.47. The minimum absolute atomic E-state index is 0.211. The first kappa shape index (κ1) is 23.1. The summed E-state index contributed by atoms with van der Waals surface area (Å²) in [7, 11) is 1.42. The summed E-state index contributed by atoms with van der Waals surface area (Å²) >= 11 is 0. The number of nitrogens with one attached hydrogen (secondary N) is 2. The number of hydrogen-bond donors (Lipinski definition) is 2. The summed E-state index contributed by atoms with van der Waals surface area (Å²) in [5.74, 6) is -2.48. The molecule has 3 aromatic rings. The number of anilines is 1. The molecule has 0 bridgehead atoms. The van der Waals surface area contributed by atoms with Gasteiger partial charge in [0.1, 0.15) is 5.82 Å². The molecule has 3 rings (SSSR count). The van der Waals surface area contributed by atoms with E-state index in [1.165, 1.54) is 31.5 Å². The van der Waals surface area contributed by atoms with Gasteiger partial charge in [0.05, 0.1) is 18.9 Å². The van der Waals surface area contributed by atoms with Crippen molar-refractivity contribution in [3.05, 3.63) is 89.2 Å². The largest absolute Gasteiger partial charge is 0.493 e. The number of nitrogens with zero attached hydrogens (tertiary/aromatic N) is 1. The maximum Gasteiger partial charge on any atom is 0.343 e. The summed E-state index contributed by atoms with van der Waals surface area (Å²) in [5, 5.41) is 6.05. The first-order valence-electron chi connectivity index (χ1n) is 9.72. The lowest BCUT2D eigenvalue weighted by Crippen LogP contribution is -2.32. The van der Waals surface area contributed by atoms with Gasteiger partial charge in [-0.25, -0.2) is 14.6 Å². The van der Waals surface area contributed by atoms with Crippen molar-refractivity contribution in [2.75, 3.05) is 12.4 Å². The van der Waals surface area contributed by atoms with Crippen molar-refractivity contribution in [3.8, 4) is 11.5 Å². The first-order valence-corrected chi connectivity index (χ1v) is 9.72. The van der Waals surface area contributed by atoms with Crippen LogP contribution in [0.3, 0.4) is 0 Å². The zero-order valence-corrected chi connectivity index (χ0v) is 17.8. The predicted octanol–water partition coefficient (Wildman–Crippen LogP) is 3.45.